The van der Waals surface area contributed by atoms with E-state index in [1.165, 1.54) is 36.1 Å². The van der Waals surface area contributed by atoms with Crippen LogP contribution in [-0.2, 0) is 24.3 Å². The van der Waals surface area contributed by atoms with E-state index in [1.54, 1.807) is 45.0 Å². The predicted molar refractivity (Wildman–Crippen MR) is 119 cm³/mol. The standard InChI is InChI=1S/C22H25N3O6S/c1-5-23-32(29,30)16-10-8-9-15(13-16)20(27)31-14(2)19(26)25-18-12-7-6-11-17(18)24-21(28)22(25,3)4/h6-14,23H,5H2,1-4H3,(H,24,28)/t14-/m1/s1. The van der Waals surface area contributed by atoms with Crippen LogP contribution in [0.4, 0.5) is 11.4 Å². The molecule has 0 unspecified atom stereocenters. The van der Waals surface area contributed by atoms with E-state index in [-0.39, 0.29) is 22.9 Å². The maximum Gasteiger partial charge on any atom is 0.338 e. The lowest BCUT2D eigenvalue weighted by atomic mass is 9.95. The fourth-order valence-electron chi connectivity index (χ4n) is 3.37. The number of nitrogens with one attached hydrogen (secondary N) is 2. The van der Waals surface area contributed by atoms with Gasteiger partial charge in [-0.1, -0.05) is 25.1 Å². The number of hydrogen-bond acceptors (Lipinski definition) is 6. The van der Waals surface area contributed by atoms with Crippen molar-refractivity contribution in [3.63, 3.8) is 0 Å². The fraction of sp³-hybridized carbons (Fsp3) is 0.318. The number of fused-ring (bicyclic) bond motifs is 1. The van der Waals surface area contributed by atoms with Gasteiger partial charge in [-0.25, -0.2) is 17.9 Å². The average Bonchev–Trinajstić information content (AvgIpc) is 2.74. The molecule has 2 aromatic carbocycles. The van der Waals surface area contributed by atoms with Gasteiger partial charge in [0.25, 0.3) is 5.91 Å². The number of nitrogens with zero attached hydrogens (tertiary/aromatic N) is 1. The third kappa shape index (κ3) is 4.37. The summed E-state index contributed by atoms with van der Waals surface area (Å²) in [6, 6.07) is 12.2. The first-order chi connectivity index (χ1) is 15.0. The number of anilines is 2. The Morgan fingerprint density at radius 1 is 1.16 bits per heavy atom. The first-order valence-electron chi connectivity index (χ1n) is 10.0. The van der Waals surface area contributed by atoms with Crippen molar-refractivity contribution in [3.05, 3.63) is 54.1 Å². The number of rotatable bonds is 6. The molecular weight excluding hydrogens is 434 g/mol. The largest absolute Gasteiger partial charge is 0.449 e. The van der Waals surface area contributed by atoms with Gasteiger partial charge in [0.2, 0.25) is 15.9 Å². The highest BCUT2D eigenvalue weighted by Crippen LogP contribution is 2.37. The second-order valence-electron chi connectivity index (χ2n) is 7.78. The highest BCUT2D eigenvalue weighted by atomic mass is 32.2. The van der Waals surface area contributed by atoms with Crippen LogP contribution in [0.5, 0.6) is 0 Å². The van der Waals surface area contributed by atoms with E-state index in [2.05, 4.69) is 10.0 Å². The molecule has 9 nitrogen and oxygen atoms in total. The molecule has 0 radical (unpaired) electrons. The molecule has 0 spiro atoms. The van der Waals surface area contributed by atoms with Crippen LogP contribution in [0, 0.1) is 0 Å². The topological polar surface area (TPSA) is 122 Å². The Bertz CT molecular complexity index is 1180. The molecule has 1 aliphatic rings. The molecule has 0 fully saturated rings. The smallest absolute Gasteiger partial charge is 0.338 e. The molecule has 1 atom stereocenters. The van der Waals surface area contributed by atoms with Gasteiger partial charge in [-0.15, -0.1) is 0 Å². The second kappa shape index (κ2) is 8.71. The molecule has 10 heteroatoms. The molecule has 170 valence electrons. The summed E-state index contributed by atoms with van der Waals surface area (Å²) in [4.78, 5) is 39.7. The van der Waals surface area contributed by atoms with Gasteiger partial charge in [0.05, 0.1) is 21.8 Å². The third-order valence-electron chi connectivity index (χ3n) is 5.07. The van der Waals surface area contributed by atoms with E-state index in [1.807, 2.05) is 0 Å². The Morgan fingerprint density at radius 2 is 1.84 bits per heavy atom. The minimum absolute atomic E-state index is 0.0142. The van der Waals surface area contributed by atoms with Crippen molar-refractivity contribution in [3.8, 4) is 0 Å². The van der Waals surface area contributed by atoms with E-state index in [4.69, 9.17) is 4.74 Å². The first-order valence-corrected chi connectivity index (χ1v) is 11.5. The quantitative estimate of drug-likeness (QED) is 0.639. The van der Waals surface area contributed by atoms with E-state index < -0.39 is 33.5 Å². The normalized spacial score (nSPS) is 16.0. The minimum atomic E-state index is -3.76. The van der Waals surface area contributed by atoms with Crippen molar-refractivity contribution < 1.29 is 27.5 Å². The van der Waals surface area contributed by atoms with Crippen molar-refractivity contribution in [2.45, 2.75) is 44.2 Å². The molecule has 0 aromatic heterocycles. The van der Waals surface area contributed by atoms with Gasteiger partial charge in [0.1, 0.15) is 5.54 Å². The molecule has 1 heterocycles. The van der Waals surface area contributed by atoms with Gasteiger partial charge in [-0.2, -0.15) is 0 Å². The Kier molecular flexibility index (Phi) is 6.38. The second-order valence-corrected chi connectivity index (χ2v) is 9.55. The molecule has 0 saturated heterocycles. The number of para-hydroxylation sites is 2. The Labute approximate surface area is 186 Å². The van der Waals surface area contributed by atoms with Crippen LogP contribution in [0.3, 0.4) is 0 Å². The van der Waals surface area contributed by atoms with Crippen LogP contribution in [0.15, 0.2) is 53.4 Å². The van der Waals surface area contributed by atoms with Gasteiger partial charge in [0, 0.05) is 6.54 Å². The molecule has 0 saturated carbocycles. The highest BCUT2D eigenvalue weighted by molar-refractivity contribution is 7.89. The third-order valence-corrected chi connectivity index (χ3v) is 6.62. The summed E-state index contributed by atoms with van der Waals surface area (Å²) in [6.07, 6.45) is -1.23. The zero-order valence-corrected chi connectivity index (χ0v) is 19.0. The van der Waals surface area contributed by atoms with Gasteiger partial charge in [-0.05, 0) is 51.1 Å². The van der Waals surface area contributed by atoms with E-state index in [0.29, 0.717) is 11.4 Å². The monoisotopic (exact) mass is 459 g/mol. The molecule has 3 rings (SSSR count). The maximum absolute atomic E-state index is 13.3. The number of esters is 1. The maximum atomic E-state index is 13.3. The van der Waals surface area contributed by atoms with Crippen LogP contribution in [0.25, 0.3) is 0 Å². The van der Waals surface area contributed by atoms with Gasteiger partial charge >= 0.3 is 5.97 Å². The molecular formula is C22H25N3O6S. The lowest BCUT2D eigenvalue weighted by molar-refractivity contribution is -0.131. The zero-order chi connectivity index (χ0) is 23.7. The van der Waals surface area contributed by atoms with E-state index in [9.17, 15) is 22.8 Å². The van der Waals surface area contributed by atoms with E-state index in [0.717, 1.165) is 0 Å². The summed E-state index contributed by atoms with van der Waals surface area (Å²) < 4.78 is 32.1. The first kappa shape index (κ1) is 23.4. The summed E-state index contributed by atoms with van der Waals surface area (Å²) in [5.74, 6) is -1.81. The molecule has 2 N–H and O–H groups in total. The van der Waals surface area contributed by atoms with Crippen molar-refractivity contribution in [1.29, 1.82) is 0 Å². The number of carbonyl (C=O) groups excluding carboxylic acids is 3. The number of benzene rings is 2. The van der Waals surface area contributed by atoms with Crippen molar-refractivity contribution in [2.24, 2.45) is 0 Å². The summed E-state index contributed by atoms with van der Waals surface area (Å²) in [5, 5.41) is 2.77. The van der Waals surface area contributed by atoms with Crippen LogP contribution in [0.1, 0.15) is 38.1 Å². The number of sulfonamides is 1. The zero-order valence-electron chi connectivity index (χ0n) is 18.2. The number of amides is 2. The van der Waals surface area contributed by atoms with Gasteiger partial charge in [-0.3, -0.25) is 14.5 Å². The number of hydrogen-bond donors (Lipinski definition) is 2. The van der Waals surface area contributed by atoms with Crippen molar-refractivity contribution in [1.82, 2.24) is 4.72 Å². The molecule has 1 aliphatic heterocycles. The lowest BCUT2D eigenvalue weighted by Gasteiger charge is -2.42. The predicted octanol–water partition coefficient (Wildman–Crippen LogP) is 2.29. The summed E-state index contributed by atoms with van der Waals surface area (Å²) in [7, 11) is -3.76. The summed E-state index contributed by atoms with van der Waals surface area (Å²) in [5.41, 5.74) is -0.264. The molecule has 2 amide bonds. The van der Waals surface area contributed by atoms with Crippen LogP contribution >= 0.6 is 0 Å². The van der Waals surface area contributed by atoms with E-state index >= 15 is 0 Å². The fourth-order valence-corrected chi connectivity index (χ4v) is 4.46. The van der Waals surface area contributed by atoms with Crippen molar-refractivity contribution >= 4 is 39.2 Å². The lowest BCUT2D eigenvalue weighted by Crippen LogP contribution is -2.60. The summed E-state index contributed by atoms with van der Waals surface area (Å²) in [6.45, 7) is 6.44. The Hall–Kier alpha value is -3.24. The van der Waals surface area contributed by atoms with Gasteiger partial charge < -0.3 is 10.1 Å². The minimum Gasteiger partial charge on any atom is -0.449 e. The van der Waals surface area contributed by atoms with Crippen LogP contribution in [-0.4, -0.2) is 44.4 Å². The SMILES string of the molecule is CCNS(=O)(=O)c1cccc(C(=O)O[C@H](C)C(=O)N2c3ccccc3NC(=O)C2(C)C)c1. The number of ether oxygens (including phenoxy) is 1. The van der Waals surface area contributed by atoms with Crippen LogP contribution in [0.2, 0.25) is 0 Å². The molecule has 0 aliphatic carbocycles. The highest BCUT2D eigenvalue weighted by Gasteiger charge is 2.45. The molecule has 32 heavy (non-hydrogen) atoms. The van der Waals surface area contributed by atoms with Gasteiger partial charge in [0.15, 0.2) is 6.10 Å². The molecule has 0 bridgehead atoms. The van der Waals surface area contributed by atoms with Crippen molar-refractivity contribution in [2.75, 3.05) is 16.8 Å². The Morgan fingerprint density at radius 3 is 2.53 bits per heavy atom. The summed E-state index contributed by atoms with van der Waals surface area (Å²) >= 11 is 0. The van der Waals surface area contributed by atoms with Crippen LogP contribution < -0.4 is 14.9 Å². The Balaban J connectivity index is 1.85. The number of carbonyl (C=O) groups is 3. The average molecular weight is 460 g/mol. The molecule has 2 aromatic rings.